The fourth-order valence-corrected chi connectivity index (χ4v) is 2.10. The standard InChI is InChI=1S/C14H19NO/c1-4-7-11-8-6-9-13-14(11)16-12(5-2)10-15(13)3/h4,6-9,12H,5,10H2,1-3H3. The number of anilines is 1. The first-order chi connectivity index (χ1) is 7.76. The Bertz CT molecular complexity index is 398. The molecule has 0 aromatic heterocycles. The molecule has 0 spiro atoms. The van der Waals surface area contributed by atoms with Crippen molar-refractivity contribution in [3.8, 4) is 5.75 Å². The molecule has 1 aliphatic rings. The molecule has 2 heteroatoms. The maximum Gasteiger partial charge on any atom is 0.150 e. The third-order valence-corrected chi connectivity index (χ3v) is 3.00. The Morgan fingerprint density at radius 3 is 3.00 bits per heavy atom. The zero-order valence-electron chi connectivity index (χ0n) is 10.2. The Morgan fingerprint density at radius 2 is 2.31 bits per heavy atom. The van der Waals surface area contributed by atoms with Gasteiger partial charge in [-0.3, -0.25) is 0 Å². The van der Waals surface area contributed by atoms with Crippen LogP contribution in [0.1, 0.15) is 25.8 Å². The highest BCUT2D eigenvalue weighted by Crippen LogP contribution is 2.36. The summed E-state index contributed by atoms with van der Waals surface area (Å²) in [7, 11) is 2.13. The van der Waals surface area contributed by atoms with E-state index in [0.717, 1.165) is 18.7 Å². The fraction of sp³-hybridized carbons (Fsp3) is 0.429. The van der Waals surface area contributed by atoms with Gasteiger partial charge in [-0.2, -0.15) is 0 Å². The molecular weight excluding hydrogens is 198 g/mol. The molecular formula is C14H19NO. The highest BCUT2D eigenvalue weighted by molar-refractivity contribution is 5.70. The lowest BCUT2D eigenvalue weighted by Gasteiger charge is -2.34. The van der Waals surface area contributed by atoms with E-state index >= 15 is 0 Å². The number of para-hydroxylation sites is 1. The molecule has 1 unspecified atom stereocenters. The molecule has 0 radical (unpaired) electrons. The second-order valence-corrected chi connectivity index (χ2v) is 4.22. The zero-order chi connectivity index (χ0) is 11.5. The predicted octanol–water partition coefficient (Wildman–Crippen LogP) is 3.33. The number of nitrogens with zero attached hydrogens (tertiary/aromatic N) is 1. The molecule has 0 fully saturated rings. The first kappa shape index (κ1) is 11.1. The van der Waals surface area contributed by atoms with Gasteiger partial charge in [0.05, 0.1) is 12.2 Å². The highest BCUT2D eigenvalue weighted by atomic mass is 16.5. The van der Waals surface area contributed by atoms with Crippen LogP contribution >= 0.6 is 0 Å². The van der Waals surface area contributed by atoms with Gasteiger partial charge in [0.15, 0.2) is 0 Å². The minimum absolute atomic E-state index is 0.309. The largest absolute Gasteiger partial charge is 0.486 e. The van der Waals surface area contributed by atoms with Crippen molar-refractivity contribution in [2.75, 3.05) is 18.5 Å². The number of benzene rings is 1. The summed E-state index contributed by atoms with van der Waals surface area (Å²) >= 11 is 0. The second-order valence-electron chi connectivity index (χ2n) is 4.22. The average Bonchev–Trinajstić information content (AvgIpc) is 2.30. The van der Waals surface area contributed by atoms with Gasteiger partial charge >= 0.3 is 0 Å². The summed E-state index contributed by atoms with van der Waals surface area (Å²) in [6.07, 6.45) is 5.51. The minimum Gasteiger partial charge on any atom is -0.486 e. The van der Waals surface area contributed by atoms with E-state index in [0.29, 0.717) is 6.10 Å². The maximum atomic E-state index is 6.04. The quantitative estimate of drug-likeness (QED) is 0.753. The minimum atomic E-state index is 0.309. The molecule has 0 saturated heterocycles. The SMILES string of the molecule is CC=Cc1cccc2c1OC(CC)CN2C. The van der Waals surface area contributed by atoms with Crippen LogP contribution in [0.5, 0.6) is 5.75 Å². The number of rotatable bonds is 2. The van der Waals surface area contributed by atoms with Crippen molar-refractivity contribution in [3.05, 3.63) is 29.8 Å². The van der Waals surface area contributed by atoms with Crippen LogP contribution in [-0.4, -0.2) is 19.7 Å². The molecule has 1 heterocycles. The van der Waals surface area contributed by atoms with Crippen molar-refractivity contribution in [3.63, 3.8) is 0 Å². The van der Waals surface area contributed by atoms with E-state index in [9.17, 15) is 0 Å². The monoisotopic (exact) mass is 217 g/mol. The van der Waals surface area contributed by atoms with E-state index in [1.807, 2.05) is 6.92 Å². The van der Waals surface area contributed by atoms with Crippen LogP contribution in [0.3, 0.4) is 0 Å². The molecule has 0 bridgehead atoms. The van der Waals surface area contributed by atoms with Crippen LogP contribution in [-0.2, 0) is 0 Å². The van der Waals surface area contributed by atoms with Gasteiger partial charge in [-0.05, 0) is 19.4 Å². The highest BCUT2D eigenvalue weighted by Gasteiger charge is 2.23. The first-order valence-electron chi connectivity index (χ1n) is 5.89. The van der Waals surface area contributed by atoms with E-state index < -0.39 is 0 Å². The normalized spacial score (nSPS) is 19.7. The van der Waals surface area contributed by atoms with Crippen molar-refractivity contribution < 1.29 is 4.74 Å². The summed E-state index contributed by atoms with van der Waals surface area (Å²) in [5.74, 6) is 1.03. The Balaban J connectivity index is 2.43. The Labute approximate surface area is 97.5 Å². The molecule has 1 aliphatic heterocycles. The van der Waals surface area contributed by atoms with E-state index in [-0.39, 0.29) is 0 Å². The third kappa shape index (κ3) is 1.92. The summed E-state index contributed by atoms with van der Waals surface area (Å²) < 4.78 is 6.04. The van der Waals surface area contributed by atoms with Crippen molar-refractivity contribution >= 4 is 11.8 Å². The van der Waals surface area contributed by atoms with Crippen molar-refractivity contribution in [1.82, 2.24) is 0 Å². The molecule has 16 heavy (non-hydrogen) atoms. The summed E-state index contributed by atoms with van der Waals surface area (Å²) in [4.78, 5) is 2.28. The Hall–Kier alpha value is -1.44. The lowest BCUT2D eigenvalue weighted by Crippen LogP contribution is -2.37. The molecule has 2 nitrogen and oxygen atoms in total. The van der Waals surface area contributed by atoms with Gasteiger partial charge in [-0.25, -0.2) is 0 Å². The molecule has 86 valence electrons. The molecule has 0 N–H and O–H groups in total. The maximum absolute atomic E-state index is 6.04. The van der Waals surface area contributed by atoms with Gasteiger partial charge in [0.1, 0.15) is 11.9 Å². The van der Waals surface area contributed by atoms with Gasteiger partial charge < -0.3 is 9.64 Å². The number of hydrogen-bond donors (Lipinski definition) is 0. The predicted molar refractivity (Wildman–Crippen MR) is 69.1 cm³/mol. The van der Waals surface area contributed by atoms with Gasteiger partial charge in [0, 0.05) is 12.6 Å². The number of ether oxygens (including phenoxy) is 1. The lowest BCUT2D eigenvalue weighted by molar-refractivity contribution is 0.191. The number of fused-ring (bicyclic) bond motifs is 1. The molecule has 0 aliphatic carbocycles. The van der Waals surface area contributed by atoms with Crippen LogP contribution in [0.15, 0.2) is 24.3 Å². The van der Waals surface area contributed by atoms with Crippen molar-refractivity contribution in [2.24, 2.45) is 0 Å². The van der Waals surface area contributed by atoms with Crippen molar-refractivity contribution in [2.45, 2.75) is 26.4 Å². The van der Waals surface area contributed by atoms with Gasteiger partial charge in [0.2, 0.25) is 0 Å². The smallest absolute Gasteiger partial charge is 0.150 e. The molecule has 0 saturated carbocycles. The van der Waals surface area contributed by atoms with Crippen LogP contribution in [0, 0.1) is 0 Å². The molecule has 1 aromatic rings. The zero-order valence-corrected chi connectivity index (χ0v) is 10.2. The van der Waals surface area contributed by atoms with Gasteiger partial charge in [-0.1, -0.05) is 31.2 Å². The summed E-state index contributed by atoms with van der Waals surface area (Å²) in [5, 5.41) is 0. The van der Waals surface area contributed by atoms with Gasteiger partial charge in [0.25, 0.3) is 0 Å². The average molecular weight is 217 g/mol. The third-order valence-electron chi connectivity index (χ3n) is 3.00. The lowest BCUT2D eigenvalue weighted by atomic mass is 10.1. The van der Waals surface area contributed by atoms with E-state index in [1.165, 1.54) is 11.3 Å². The summed E-state index contributed by atoms with van der Waals surface area (Å²) in [5.41, 5.74) is 2.37. The number of hydrogen-bond acceptors (Lipinski definition) is 2. The molecule has 1 aromatic carbocycles. The van der Waals surface area contributed by atoms with Crippen LogP contribution < -0.4 is 9.64 Å². The topological polar surface area (TPSA) is 12.5 Å². The second kappa shape index (κ2) is 4.60. The number of allylic oxidation sites excluding steroid dienone is 1. The van der Waals surface area contributed by atoms with Crippen LogP contribution in [0.2, 0.25) is 0 Å². The number of likely N-dealkylation sites (N-methyl/N-ethyl adjacent to an activating group) is 1. The Kier molecular flexibility index (Phi) is 3.18. The first-order valence-corrected chi connectivity index (χ1v) is 5.89. The van der Waals surface area contributed by atoms with E-state index in [4.69, 9.17) is 4.74 Å². The molecule has 2 rings (SSSR count). The Morgan fingerprint density at radius 1 is 1.50 bits per heavy atom. The van der Waals surface area contributed by atoms with Crippen molar-refractivity contribution in [1.29, 1.82) is 0 Å². The summed E-state index contributed by atoms with van der Waals surface area (Å²) in [6.45, 7) is 5.17. The van der Waals surface area contributed by atoms with Gasteiger partial charge in [-0.15, -0.1) is 0 Å². The molecule has 1 atom stereocenters. The molecule has 0 amide bonds. The summed E-state index contributed by atoms with van der Waals surface area (Å²) in [6, 6.07) is 6.30. The van der Waals surface area contributed by atoms with Crippen LogP contribution in [0.4, 0.5) is 5.69 Å². The van der Waals surface area contributed by atoms with E-state index in [2.05, 4.69) is 49.2 Å². The van der Waals surface area contributed by atoms with Crippen LogP contribution in [0.25, 0.3) is 6.08 Å². The fourth-order valence-electron chi connectivity index (χ4n) is 2.10. The van der Waals surface area contributed by atoms with E-state index in [1.54, 1.807) is 0 Å².